The molecular weight excluding hydrogens is 286 g/mol. The summed E-state index contributed by atoms with van der Waals surface area (Å²) >= 11 is 3.71. The van der Waals surface area contributed by atoms with Crippen LogP contribution in [0.25, 0.3) is 5.57 Å². The van der Waals surface area contributed by atoms with Gasteiger partial charge in [0, 0.05) is 6.26 Å². The van der Waals surface area contributed by atoms with Gasteiger partial charge in [0.05, 0.1) is 25.6 Å². The van der Waals surface area contributed by atoms with Crippen molar-refractivity contribution in [2.24, 2.45) is 0 Å². The van der Waals surface area contributed by atoms with Gasteiger partial charge in [-0.25, -0.2) is 4.21 Å². The highest BCUT2D eigenvalue weighted by atomic mass is 32.2. The van der Waals surface area contributed by atoms with Gasteiger partial charge in [0.1, 0.15) is 11.0 Å². The molecule has 0 radical (unpaired) electrons. The molecule has 0 aliphatic rings. The number of rotatable bonds is 6. The lowest BCUT2D eigenvalue weighted by molar-refractivity contribution is -0.114. The fourth-order valence-electron chi connectivity index (χ4n) is 1.52. The third kappa shape index (κ3) is 4.70. The average Bonchev–Trinajstić information content (AvgIpc) is 2.36. The summed E-state index contributed by atoms with van der Waals surface area (Å²) in [4.78, 5) is 12.0. The fraction of sp³-hybridized carbons (Fsp3) is 0.250. The van der Waals surface area contributed by atoms with Crippen LogP contribution in [0.15, 0.2) is 30.5 Å². The van der Waals surface area contributed by atoms with Crippen LogP contribution in [0.1, 0.15) is 11.1 Å². The first-order valence-corrected chi connectivity index (χ1v) is 7.24. The van der Waals surface area contributed by atoms with Gasteiger partial charge in [0.25, 0.3) is 5.91 Å². The Balaban J connectivity index is 3.16. The van der Waals surface area contributed by atoms with Crippen LogP contribution in [-0.2, 0) is 31.3 Å². The van der Waals surface area contributed by atoms with Gasteiger partial charge in [0.15, 0.2) is 0 Å². The molecule has 0 aliphatic carbocycles. The second-order valence-corrected chi connectivity index (χ2v) is 4.95. The molecule has 5 nitrogen and oxygen atoms in total. The normalized spacial score (nSPS) is 12.9. The standard InChI is InChI=1S/C12H15NO4S2/c1-16-8-11(12(14)13-19(2)15)10-6-4-3-5-9(10)7-17-18/h3-6,8,18H,7H2,1-2H3,(H,13,14)/b11-8+. The van der Waals surface area contributed by atoms with Crippen molar-refractivity contribution in [2.75, 3.05) is 13.4 Å². The number of methoxy groups -OCH3 is 1. The third-order valence-corrected chi connectivity index (χ3v) is 2.85. The molecular formula is C12H15NO4S2. The van der Waals surface area contributed by atoms with E-state index in [1.165, 1.54) is 19.6 Å². The smallest absolute Gasteiger partial charge is 0.266 e. The first kappa shape index (κ1) is 15.7. The quantitative estimate of drug-likeness (QED) is 0.361. The number of ether oxygens (including phenoxy) is 1. The van der Waals surface area contributed by atoms with E-state index < -0.39 is 16.9 Å². The summed E-state index contributed by atoms with van der Waals surface area (Å²) in [5.41, 5.74) is 1.69. The van der Waals surface area contributed by atoms with Crippen LogP contribution in [0.4, 0.5) is 0 Å². The number of thiol groups is 1. The molecule has 7 heteroatoms. The molecule has 1 rings (SSSR count). The highest BCUT2D eigenvalue weighted by molar-refractivity contribution is 7.82. The number of carbonyl (C=O) groups excluding carboxylic acids is 1. The van der Waals surface area contributed by atoms with Gasteiger partial charge in [-0.2, -0.15) is 0 Å². The van der Waals surface area contributed by atoms with Gasteiger partial charge in [0.2, 0.25) is 0 Å². The molecule has 19 heavy (non-hydrogen) atoms. The van der Waals surface area contributed by atoms with E-state index in [1.807, 2.05) is 12.1 Å². The van der Waals surface area contributed by atoms with Crippen LogP contribution in [0.3, 0.4) is 0 Å². The predicted molar refractivity (Wildman–Crippen MR) is 77.4 cm³/mol. The number of amides is 1. The summed E-state index contributed by atoms with van der Waals surface area (Å²) in [7, 11) is -0.00781. The van der Waals surface area contributed by atoms with E-state index in [4.69, 9.17) is 8.92 Å². The first-order valence-electron chi connectivity index (χ1n) is 5.32. The van der Waals surface area contributed by atoms with E-state index in [0.717, 1.165) is 5.56 Å². The van der Waals surface area contributed by atoms with Crippen molar-refractivity contribution in [3.8, 4) is 0 Å². The summed E-state index contributed by atoms with van der Waals surface area (Å²) in [5, 5.41) is 0. The number of benzene rings is 1. The Bertz CT molecular complexity index is 502. The largest absolute Gasteiger partial charge is 0.504 e. The Morgan fingerprint density at radius 3 is 2.74 bits per heavy atom. The van der Waals surface area contributed by atoms with E-state index >= 15 is 0 Å². The van der Waals surface area contributed by atoms with Crippen molar-refractivity contribution in [3.05, 3.63) is 41.7 Å². The van der Waals surface area contributed by atoms with Crippen LogP contribution in [0.2, 0.25) is 0 Å². The van der Waals surface area contributed by atoms with Crippen molar-refractivity contribution >= 4 is 35.4 Å². The van der Waals surface area contributed by atoms with Crippen molar-refractivity contribution in [2.45, 2.75) is 6.61 Å². The Morgan fingerprint density at radius 1 is 1.47 bits per heavy atom. The molecule has 1 N–H and O–H groups in total. The summed E-state index contributed by atoms with van der Waals surface area (Å²) in [6.07, 6.45) is 2.69. The summed E-state index contributed by atoms with van der Waals surface area (Å²) in [6.45, 7) is 0.239. The Morgan fingerprint density at radius 2 is 2.16 bits per heavy atom. The molecule has 0 saturated heterocycles. The van der Waals surface area contributed by atoms with Crippen LogP contribution in [0.5, 0.6) is 0 Å². The molecule has 0 spiro atoms. The van der Waals surface area contributed by atoms with Crippen molar-refractivity contribution in [3.63, 3.8) is 0 Å². The minimum absolute atomic E-state index is 0.239. The molecule has 1 atom stereocenters. The SMILES string of the molecule is CO/C=C(/C(=O)NS(C)=O)c1ccccc1COS. The van der Waals surface area contributed by atoms with Crippen molar-refractivity contribution in [1.82, 2.24) is 4.72 Å². The maximum atomic E-state index is 12.0. The molecule has 0 fully saturated rings. The lowest BCUT2D eigenvalue weighted by Gasteiger charge is -2.11. The number of hydrogen-bond donors (Lipinski definition) is 2. The van der Waals surface area contributed by atoms with Gasteiger partial charge >= 0.3 is 0 Å². The zero-order valence-corrected chi connectivity index (χ0v) is 12.3. The molecule has 1 amide bonds. The van der Waals surface area contributed by atoms with E-state index in [2.05, 4.69) is 17.6 Å². The molecule has 0 heterocycles. The van der Waals surface area contributed by atoms with Gasteiger partial charge in [-0.1, -0.05) is 24.3 Å². The predicted octanol–water partition coefficient (Wildman–Crippen LogP) is 1.45. The number of nitrogens with one attached hydrogen (secondary N) is 1. The van der Waals surface area contributed by atoms with Crippen LogP contribution < -0.4 is 4.72 Å². The molecule has 1 unspecified atom stereocenters. The maximum Gasteiger partial charge on any atom is 0.266 e. The lowest BCUT2D eigenvalue weighted by Crippen LogP contribution is -2.26. The number of carbonyl (C=O) groups is 1. The van der Waals surface area contributed by atoms with Crippen molar-refractivity contribution < 1.29 is 17.9 Å². The molecule has 1 aromatic carbocycles. The first-order chi connectivity index (χ1) is 9.10. The van der Waals surface area contributed by atoms with Crippen LogP contribution >= 0.6 is 12.9 Å². The zero-order valence-electron chi connectivity index (χ0n) is 10.6. The minimum Gasteiger partial charge on any atom is -0.504 e. The maximum absolute atomic E-state index is 12.0. The lowest BCUT2D eigenvalue weighted by atomic mass is 10.0. The van der Waals surface area contributed by atoms with Crippen molar-refractivity contribution in [1.29, 1.82) is 0 Å². The molecule has 0 aromatic heterocycles. The van der Waals surface area contributed by atoms with E-state index in [-0.39, 0.29) is 12.2 Å². The summed E-state index contributed by atoms with van der Waals surface area (Å²) in [5.74, 6) is -0.478. The topological polar surface area (TPSA) is 64.6 Å². The zero-order chi connectivity index (χ0) is 14.3. The monoisotopic (exact) mass is 301 g/mol. The second kappa shape index (κ2) is 7.98. The van der Waals surface area contributed by atoms with Gasteiger partial charge < -0.3 is 8.92 Å². The third-order valence-electron chi connectivity index (χ3n) is 2.24. The minimum atomic E-state index is -1.45. The molecule has 0 bridgehead atoms. The Labute approximate surface area is 120 Å². The Hall–Kier alpha value is -1.31. The molecule has 0 saturated carbocycles. The summed E-state index contributed by atoms with van der Waals surface area (Å²) < 4.78 is 23.1. The molecule has 0 aliphatic heterocycles. The van der Waals surface area contributed by atoms with Gasteiger partial charge in [-0.3, -0.25) is 9.52 Å². The second-order valence-electron chi connectivity index (χ2n) is 3.58. The van der Waals surface area contributed by atoms with E-state index in [0.29, 0.717) is 5.56 Å². The van der Waals surface area contributed by atoms with Crippen LogP contribution in [0, 0.1) is 0 Å². The summed E-state index contributed by atoms with van der Waals surface area (Å²) in [6, 6.07) is 7.18. The highest BCUT2D eigenvalue weighted by Crippen LogP contribution is 2.21. The Kier molecular flexibility index (Phi) is 6.61. The van der Waals surface area contributed by atoms with Crippen LogP contribution in [-0.4, -0.2) is 23.5 Å². The fourth-order valence-corrected chi connectivity index (χ4v) is 2.03. The van der Waals surface area contributed by atoms with E-state index in [1.54, 1.807) is 12.1 Å². The molecule has 104 valence electrons. The van der Waals surface area contributed by atoms with Gasteiger partial charge in [-0.15, -0.1) is 0 Å². The average molecular weight is 301 g/mol. The molecule has 1 aromatic rings. The van der Waals surface area contributed by atoms with Gasteiger partial charge in [-0.05, 0) is 24.0 Å². The number of hydrogen-bond acceptors (Lipinski definition) is 5. The van der Waals surface area contributed by atoms with E-state index in [9.17, 15) is 9.00 Å². The highest BCUT2D eigenvalue weighted by Gasteiger charge is 2.16.